The number of rotatable bonds is 4. The van der Waals surface area contributed by atoms with Gasteiger partial charge in [-0.25, -0.2) is 4.79 Å². The molecule has 2 N–H and O–H groups in total. The third-order valence-electron chi connectivity index (χ3n) is 5.60. The lowest BCUT2D eigenvalue weighted by Crippen LogP contribution is -2.25. The average molecular weight is 350 g/mol. The van der Waals surface area contributed by atoms with Crippen molar-refractivity contribution in [3.63, 3.8) is 0 Å². The minimum Gasteiger partial charge on any atom is -0.508 e. The molecule has 1 aliphatic carbocycles. The molecular weight excluding hydrogens is 324 g/mol. The first kappa shape index (κ1) is 18.2. The lowest BCUT2D eigenvalue weighted by atomic mass is 9.70. The molecule has 1 saturated carbocycles. The summed E-state index contributed by atoms with van der Waals surface area (Å²) in [5, 5.41) is 19.4. The maximum atomic E-state index is 11.0. The van der Waals surface area contributed by atoms with Gasteiger partial charge in [0.1, 0.15) is 5.75 Å². The van der Waals surface area contributed by atoms with E-state index in [0.717, 1.165) is 35.1 Å². The van der Waals surface area contributed by atoms with E-state index in [1.54, 1.807) is 18.2 Å². The fraction of sp³-hybridized carbons (Fsp3) is 0.348. The topological polar surface area (TPSA) is 57.5 Å². The molecule has 0 heterocycles. The molecule has 0 bridgehead atoms. The summed E-state index contributed by atoms with van der Waals surface area (Å²) in [4.78, 5) is 11.0. The van der Waals surface area contributed by atoms with Gasteiger partial charge in [-0.3, -0.25) is 0 Å². The molecule has 0 radical (unpaired) electrons. The van der Waals surface area contributed by atoms with Crippen LogP contribution in [0.5, 0.6) is 5.75 Å². The van der Waals surface area contributed by atoms with E-state index in [0.29, 0.717) is 5.75 Å². The molecule has 3 rings (SSSR count). The fourth-order valence-corrected chi connectivity index (χ4v) is 3.92. The van der Waals surface area contributed by atoms with Gasteiger partial charge in [-0.05, 0) is 66.1 Å². The van der Waals surface area contributed by atoms with Crippen LogP contribution < -0.4 is 0 Å². The van der Waals surface area contributed by atoms with E-state index in [2.05, 4.69) is 13.0 Å². The van der Waals surface area contributed by atoms with Crippen LogP contribution in [0.4, 0.5) is 0 Å². The summed E-state index contributed by atoms with van der Waals surface area (Å²) in [5.74, 6) is -0.530. The van der Waals surface area contributed by atoms with Crippen molar-refractivity contribution in [2.45, 2.75) is 51.4 Å². The van der Waals surface area contributed by atoms with Crippen molar-refractivity contribution in [1.82, 2.24) is 0 Å². The standard InChI is InChI=1S/C23H26O3/c1-16(14-17-6-8-18(9-7-17)22(25)26)19-10-11-21(24)20(15-19)23(2)12-4-3-5-13-23/h6-11,14-15,24H,3-5,12-13H2,1-2H3,(H,25,26). The Labute approximate surface area is 155 Å². The number of hydrogen-bond acceptors (Lipinski definition) is 2. The number of allylic oxidation sites excluding steroid dienone is 1. The SMILES string of the molecule is CC(=Cc1ccc(C(=O)O)cc1)c1ccc(O)c(C2(C)CCCCC2)c1. The first-order valence-electron chi connectivity index (χ1n) is 9.25. The number of carbonyl (C=O) groups is 1. The minimum atomic E-state index is -0.916. The Hall–Kier alpha value is -2.55. The zero-order chi connectivity index (χ0) is 18.7. The third kappa shape index (κ3) is 3.82. The largest absolute Gasteiger partial charge is 0.508 e. The van der Waals surface area contributed by atoms with E-state index in [1.807, 2.05) is 31.2 Å². The quantitative estimate of drug-likeness (QED) is 0.678. The van der Waals surface area contributed by atoms with E-state index in [-0.39, 0.29) is 11.0 Å². The number of benzene rings is 2. The monoisotopic (exact) mass is 350 g/mol. The summed E-state index contributed by atoms with van der Waals surface area (Å²) in [6.07, 6.45) is 7.98. The van der Waals surface area contributed by atoms with Crippen LogP contribution in [-0.4, -0.2) is 16.2 Å². The summed E-state index contributed by atoms with van der Waals surface area (Å²) in [6.45, 7) is 4.30. The van der Waals surface area contributed by atoms with Gasteiger partial charge in [-0.2, -0.15) is 0 Å². The highest BCUT2D eigenvalue weighted by Gasteiger charge is 2.31. The van der Waals surface area contributed by atoms with Crippen LogP contribution in [0.3, 0.4) is 0 Å². The van der Waals surface area contributed by atoms with Gasteiger partial charge >= 0.3 is 5.97 Å². The van der Waals surface area contributed by atoms with Crippen LogP contribution in [0.15, 0.2) is 42.5 Å². The highest BCUT2D eigenvalue weighted by Crippen LogP contribution is 2.43. The maximum absolute atomic E-state index is 11.0. The summed E-state index contributed by atoms with van der Waals surface area (Å²) in [6, 6.07) is 12.7. The molecule has 3 nitrogen and oxygen atoms in total. The molecule has 2 aromatic rings. The molecule has 0 aromatic heterocycles. The van der Waals surface area contributed by atoms with Gasteiger partial charge in [-0.1, -0.05) is 50.5 Å². The second-order valence-electron chi connectivity index (χ2n) is 7.61. The second kappa shape index (κ2) is 7.36. The Bertz CT molecular complexity index is 825. The van der Waals surface area contributed by atoms with Gasteiger partial charge in [0, 0.05) is 5.56 Å². The highest BCUT2D eigenvalue weighted by atomic mass is 16.4. The highest BCUT2D eigenvalue weighted by molar-refractivity contribution is 5.88. The van der Waals surface area contributed by atoms with Crippen LogP contribution in [-0.2, 0) is 5.41 Å². The number of carboxylic acid groups (broad SMARTS) is 1. The van der Waals surface area contributed by atoms with Crippen molar-refractivity contribution >= 4 is 17.6 Å². The lowest BCUT2D eigenvalue weighted by molar-refractivity contribution is 0.0697. The number of aromatic carboxylic acids is 1. The molecule has 0 amide bonds. The molecule has 0 aliphatic heterocycles. The predicted molar refractivity (Wildman–Crippen MR) is 105 cm³/mol. The van der Waals surface area contributed by atoms with E-state index in [4.69, 9.17) is 5.11 Å². The van der Waals surface area contributed by atoms with Gasteiger partial charge in [0.05, 0.1) is 5.56 Å². The van der Waals surface area contributed by atoms with Crippen molar-refractivity contribution in [1.29, 1.82) is 0 Å². The second-order valence-corrected chi connectivity index (χ2v) is 7.61. The Morgan fingerprint density at radius 3 is 2.23 bits per heavy atom. The molecule has 136 valence electrons. The van der Waals surface area contributed by atoms with Crippen LogP contribution in [0.2, 0.25) is 0 Å². The van der Waals surface area contributed by atoms with Crippen molar-refractivity contribution in [2.75, 3.05) is 0 Å². The molecule has 0 spiro atoms. The lowest BCUT2D eigenvalue weighted by Gasteiger charge is -2.35. The third-order valence-corrected chi connectivity index (χ3v) is 5.60. The van der Waals surface area contributed by atoms with Gasteiger partial charge in [0.25, 0.3) is 0 Å². The van der Waals surface area contributed by atoms with Crippen LogP contribution in [0.25, 0.3) is 11.6 Å². The van der Waals surface area contributed by atoms with E-state index in [9.17, 15) is 9.90 Å². The average Bonchev–Trinajstić information content (AvgIpc) is 2.63. The Morgan fingerprint density at radius 2 is 1.62 bits per heavy atom. The Balaban J connectivity index is 1.91. The number of phenolic OH excluding ortho intramolecular Hbond substituents is 1. The molecule has 0 atom stereocenters. The molecular formula is C23H26O3. The fourth-order valence-electron chi connectivity index (χ4n) is 3.92. The zero-order valence-corrected chi connectivity index (χ0v) is 15.5. The molecule has 26 heavy (non-hydrogen) atoms. The maximum Gasteiger partial charge on any atom is 0.335 e. The smallest absolute Gasteiger partial charge is 0.335 e. The summed E-state index contributed by atoms with van der Waals surface area (Å²) >= 11 is 0. The van der Waals surface area contributed by atoms with E-state index in [1.165, 1.54) is 19.3 Å². The van der Waals surface area contributed by atoms with Crippen molar-refractivity contribution < 1.29 is 15.0 Å². The molecule has 3 heteroatoms. The number of phenols is 1. The van der Waals surface area contributed by atoms with Crippen LogP contribution in [0.1, 0.15) is 73.0 Å². The summed E-state index contributed by atoms with van der Waals surface area (Å²) in [7, 11) is 0. The zero-order valence-electron chi connectivity index (χ0n) is 15.5. The summed E-state index contributed by atoms with van der Waals surface area (Å²) in [5.41, 5.74) is 4.52. The predicted octanol–water partition coefficient (Wildman–Crippen LogP) is 5.87. The summed E-state index contributed by atoms with van der Waals surface area (Å²) < 4.78 is 0. The Morgan fingerprint density at radius 1 is 1.00 bits per heavy atom. The van der Waals surface area contributed by atoms with Crippen molar-refractivity contribution in [3.8, 4) is 5.75 Å². The van der Waals surface area contributed by atoms with Gasteiger partial charge in [0.2, 0.25) is 0 Å². The number of aromatic hydroxyl groups is 1. The minimum absolute atomic E-state index is 0.0434. The number of hydrogen-bond donors (Lipinski definition) is 2. The van der Waals surface area contributed by atoms with Crippen LogP contribution >= 0.6 is 0 Å². The molecule has 2 aromatic carbocycles. The van der Waals surface area contributed by atoms with Gasteiger partial charge < -0.3 is 10.2 Å². The Kier molecular flexibility index (Phi) is 5.17. The first-order valence-corrected chi connectivity index (χ1v) is 9.25. The first-order chi connectivity index (χ1) is 12.4. The van der Waals surface area contributed by atoms with E-state index < -0.39 is 5.97 Å². The van der Waals surface area contributed by atoms with Crippen molar-refractivity contribution in [3.05, 3.63) is 64.7 Å². The van der Waals surface area contributed by atoms with Crippen molar-refractivity contribution in [2.24, 2.45) is 0 Å². The normalized spacial score (nSPS) is 17.1. The number of carboxylic acids is 1. The molecule has 1 aliphatic rings. The van der Waals surface area contributed by atoms with Crippen LogP contribution in [0, 0.1) is 0 Å². The molecule has 0 unspecified atom stereocenters. The van der Waals surface area contributed by atoms with Gasteiger partial charge in [0.15, 0.2) is 0 Å². The molecule has 1 fully saturated rings. The van der Waals surface area contributed by atoms with Gasteiger partial charge in [-0.15, -0.1) is 0 Å². The van der Waals surface area contributed by atoms with E-state index >= 15 is 0 Å². The molecule has 0 saturated heterocycles.